The predicted octanol–water partition coefficient (Wildman–Crippen LogP) is -0.809. The summed E-state index contributed by atoms with van der Waals surface area (Å²) in [7, 11) is 2.38. The van der Waals surface area contributed by atoms with Gasteiger partial charge in [0.05, 0.1) is 32.0 Å². The molecule has 0 amide bonds. The van der Waals surface area contributed by atoms with Gasteiger partial charge in [-0.05, 0) is 36.9 Å². The zero-order valence-electron chi connectivity index (χ0n) is 22.8. The molecular weight excluding hydrogens is 560 g/mol. The Labute approximate surface area is 237 Å². The monoisotopic (exact) mass is 588 g/mol. The standard InChI is InChI=1S/C28H28O14/c1-9-18-11(6-14(39-3)19(9)26(36)40-4)5-12-20(22(18)32)25(35)27(37)16(30)8-15(24(34)28(27,38)23(12)33)42-17-7-13(29)21(31)10(2)41-17/h5-6,8,10,13,17,21,24,29,31-32,34,37-38H,7H2,1-4H3/t10-,13-,17-,21-,24-,27-,28-/m1/s1. The fourth-order valence-electron chi connectivity index (χ4n) is 5.86. The van der Waals surface area contributed by atoms with Gasteiger partial charge in [-0.1, -0.05) is 0 Å². The second-order valence-corrected chi connectivity index (χ2v) is 10.4. The van der Waals surface area contributed by atoms with E-state index in [2.05, 4.69) is 0 Å². The minimum atomic E-state index is -3.59. The third-order valence-electron chi connectivity index (χ3n) is 8.16. The van der Waals surface area contributed by atoms with Crippen molar-refractivity contribution < 1.29 is 68.8 Å². The van der Waals surface area contributed by atoms with E-state index >= 15 is 0 Å². The molecule has 5 rings (SSSR count). The molecular formula is C28H28O14. The van der Waals surface area contributed by atoms with Gasteiger partial charge in [0, 0.05) is 23.4 Å². The van der Waals surface area contributed by atoms with E-state index < -0.39 is 87.9 Å². The number of aliphatic hydroxyl groups is 5. The highest BCUT2D eigenvalue weighted by Crippen LogP contribution is 2.49. The molecule has 1 heterocycles. The summed E-state index contributed by atoms with van der Waals surface area (Å²) in [5.41, 5.74) is -8.57. The lowest BCUT2D eigenvalue weighted by molar-refractivity contribution is -0.244. The zero-order valence-corrected chi connectivity index (χ0v) is 22.8. The van der Waals surface area contributed by atoms with Gasteiger partial charge in [-0.15, -0.1) is 0 Å². The Kier molecular flexibility index (Phi) is 6.92. The highest BCUT2D eigenvalue weighted by Gasteiger charge is 2.73. The topological polar surface area (TPSA) is 227 Å². The molecule has 0 spiro atoms. The van der Waals surface area contributed by atoms with Crippen LogP contribution in [0.3, 0.4) is 0 Å². The molecule has 14 nitrogen and oxygen atoms in total. The second-order valence-electron chi connectivity index (χ2n) is 10.4. The summed E-state index contributed by atoms with van der Waals surface area (Å²) in [4.78, 5) is 53.3. The SMILES string of the molecule is COC(=O)c1c(OC)cc2cc3c(c(O)c2c1C)C(=O)[C@]1(O)C(=O)C=C(O[C@@H]2C[C@@H](O)[C@H](O)[C@@H](C)O2)[C@@H](O)[C@]1(O)C3=O. The van der Waals surface area contributed by atoms with Gasteiger partial charge in [0.2, 0.25) is 34.8 Å². The van der Waals surface area contributed by atoms with E-state index in [1.807, 2.05) is 0 Å². The van der Waals surface area contributed by atoms with Gasteiger partial charge in [-0.25, -0.2) is 4.79 Å². The Hall–Kier alpha value is -3.92. The Morgan fingerprint density at radius 1 is 1.07 bits per heavy atom. The number of phenolic OH excluding ortho intramolecular Hbond substituents is 1. The van der Waals surface area contributed by atoms with Gasteiger partial charge in [-0.2, -0.15) is 0 Å². The molecule has 0 radical (unpaired) electrons. The second kappa shape index (κ2) is 9.83. The third kappa shape index (κ3) is 3.73. The van der Waals surface area contributed by atoms with Crippen LogP contribution in [-0.2, 0) is 19.0 Å². The molecule has 3 aliphatic rings. The van der Waals surface area contributed by atoms with Crippen molar-refractivity contribution in [3.63, 3.8) is 0 Å². The van der Waals surface area contributed by atoms with Gasteiger partial charge in [0.25, 0.3) is 0 Å². The van der Waals surface area contributed by atoms with Crippen LogP contribution < -0.4 is 4.74 Å². The summed E-state index contributed by atoms with van der Waals surface area (Å²) < 4.78 is 20.9. The molecule has 1 aliphatic heterocycles. The minimum Gasteiger partial charge on any atom is -0.507 e. The molecule has 6 N–H and O–H groups in total. The van der Waals surface area contributed by atoms with Crippen molar-refractivity contribution >= 4 is 34.1 Å². The lowest BCUT2D eigenvalue weighted by Gasteiger charge is -2.48. The normalized spacial score (nSPS) is 32.6. The molecule has 0 saturated carbocycles. The number of hydrogen-bond acceptors (Lipinski definition) is 14. The molecule has 42 heavy (non-hydrogen) atoms. The summed E-state index contributed by atoms with van der Waals surface area (Å²) in [6.45, 7) is 2.84. The highest BCUT2D eigenvalue weighted by molar-refractivity contribution is 6.35. The van der Waals surface area contributed by atoms with E-state index in [-0.39, 0.29) is 34.1 Å². The van der Waals surface area contributed by atoms with E-state index in [0.29, 0.717) is 6.08 Å². The molecule has 0 bridgehead atoms. The zero-order chi connectivity index (χ0) is 31.0. The molecule has 224 valence electrons. The summed E-state index contributed by atoms with van der Waals surface area (Å²) in [5.74, 6) is -7.07. The smallest absolute Gasteiger partial charge is 0.341 e. The largest absolute Gasteiger partial charge is 0.507 e. The number of benzene rings is 2. The Morgan fingerprint density at radius 2 is 1.74 bits per heavy atom. The average Bonchev–Trinajstić information content (AvgIpc) is 2.95. The van der Waals surface area contributed by atoms with Crippen LogP contribution in [-0.4, -0.2) is 110 Å². The fraction of sp³-hybridized carbons (Fsp3) is 0.429. The van der Waals surface area contributed by atoms with Crippen LogP contribution >= 0.6 is 0 Å². The first kappa shape index (κ1) is 29.6. The Balaban J connectivity index is 1.67. The molecule has 2 aromatic rings. The molecule has 7 atom stereocenters. The number of phenols is 1. The number of aromatic hydroxyl groups is 1. The number of aryl methyl sites for hydroxylation is 1. The average molecular weight is 589 g/mol. The first-order valence-electron chi connectivity index (χ1n) is 12.8. The van der Waals surface area contributed by atoms with Crippen molar-refractivity contribution in [1.82, 2.24) is 0 Å². The third-order valence-corrected chi connectivity index (χ3v) is 8.16. The quantitative estimate of drug-likeness (QED) is 0.190. The number of hydrogen-bond donors (Lipinski definition) is 6. The van der Waals surface area contributed by atoms with Crippen LogP contribution in [0.25, 0.3) is 10.8 Å². The summed E-state index contributed by atoms with van der Waals surface area (Å²) in [5, 5.41) is 65.3. The summed E-state index contributed by atoms with van der Waals surface area (Å²) >= 11 is 0. The Morgan fingerprint density at radius 3 is 2.33 bits per heavy atom. The maximum Gasteiger partial charge on any atom is 0.341 e. The van der Waals surface area contributed by atoms with Crippen molar-refractivity contribution in [3.05, 3.63) is 46.2 Å². The molecule has 0 unspecified atom stereocenters. The van der Waals surface area contributed by atoms with E-state index in [1.54, 1.807) is 0 Å². The van der Waals surface area contributed by atoms with Crippen LogP contribution in [0.1, 0.15) is 50.0 Å². The maximum atomic E-state index is 13.8. The molecule has 14 heteroatoms. The fourth-order valence-corrected chi connectivity index (χ4v) is 5.86. The molecule has 0 aromatic heterocycles. The maximum absolute atomic E-state index is 13.8. The van der Waals surface area contributed by atoms with E-state index in [9.17, 15) is 49.8 Å². The minimum absolute atomic E-state index is 0.00323. The number of methoxy groups -OCH3 is 2. The number of fused-ring (bicyclic) bond motifs is 3. The molecule has 1 saturated heterocycles. The van der Waals surface area contributed by atoms with Crippen LogP contribution in [0.15, 0.2) is 24.0 Å². The highest BCUT2D eigenvalue weighted by atomic mass is 16.7. The van der Waals surface area contributed by atoms with Gasteiger partial charge in [0.15, 0.2) is 6.10 Å². The van der Waals surface area contributed by atoms with Crippen LogP contribution in [0.2, 0.25) is 0 Å². The van der Waals surface area contributed by atoms with E-state index in [0.717, 1.165) is 13.2 Å². The first-order valence-corrected chi connectivity index (χ1v) is 12.8. The van der Waals surface area contributed by atoms with Gasteiger partial charge >= 0.3 is 5.97 Å². The molecule has 2 aromatic carbocycles. The predicted molar refractivity (Wildman–Crippen MR) is 138 cm³/mol. The lowest BCUT2D eigenvalue weighted by Crippen LogP contribution is -2.76. The van der Waals surface area contributed by atoms with Crippen molar-refractivity contribution in [2.75, 3.05) is 14.2 Å². The van der Waals surface area contributed by atoms with Gasteiger partial charge in [-0.3, -0.25) is 14.4 Å². The number of carbonyl (C=O) groups is 4. The van der Waals surface area contributed by atoms with Crippen molar-refractivity contribution in [3.8, 4) is 11.5 Å². The van der Waals surface area contributed by atoms with Crippen molar-refractivity contribution in [1.29, 1.82) is 0 Å². The summed E-state index contributed by atoms with van der Waals surface area (Å²) in [6.07, 6.45) is -7.16. The van der Waals surface area contributed by atoms with Crippen molar-refractivity contribution in [2.24, 2.45) is 0 Å². The first-order chi connectivity index (χ1) is 19.6. The van der Waals surface area contributed by atoms with Gasteiger partial charge in [0.1, 0.15) is 28.9 Å². The number of rotatable bonds is 4. The van der Waals surface area contributed by atoms with Crippen LogP contribution in [0, 0.1) is 6.92 Å². The Bertz CT molecular complexity index is 1580. The number of ketones is 3. The summed E-state index contributed by atoms with van der Waals surface area (Å²) in [6, 6.07) is 2.36. The number of carbonyl (C=O) groups excluding carboxylic acids is 4. The van der Waals surface area contributed by atoms with Crippen molar-refractivity contribution in [2.45, 2.75) is 62.2 Å². The van der Waals surface area contributed by atoms with Crippen LogP contribution in [0.4, 0.5) is 0 Å². The lowest BCUT2D eigenvalue weighted by atomic mass is 9.60. The van der Waals surface area contributed by atoms with E-state index in [4.69, 9.17) is 18.9 Å². The molecule has 1 fully saturated rings. The number of aliphatic hydroxyl groups excluding tert-OH is 3. The van der Waals surface area contributed by atoms with Gasteiger partial charge < -0.3 is 49.6 Å². The number of Topliss-reactive ketones (excluding diaryl/α,β-unsaturated/α-hetero) is 2. The van der Waals surface area contributed by atoms with E-state index in [1.165, 1.54) is 27.0 Å². The number of esters is 1. The number of ether oxygens (including phenoxy) is 4. The van der Waals surface area contributed by atoms with Crippen LogP contribution in [0.5, 0.6) is 11.5 Å². The molecule has 2 aliphatic carbocycles.